The Labute approximate surface area is 201 Å². The monoisotopic (exact) mass is 474 g/mol. The van der Waals surface area contributed by atoms with Crippen LogP contribution in [-0.4, -0.2) is 52.9 Å². The van der Waals surface area contributed by atoms with Gasteiger partial charge in [-0.1, -0.05) is 43.2 Å². The highest BCUT2D eigenvalue weighted by Crippen LogP contribution is 2.36. The van der Waals surface area contributed by atoms with E-state index in [4.69, 9.17) is 10.5 Å². The van der Waals surface area contributed by atoms with Crippen molar-refractivity contribution in [2.45, 2.75) is 90.4 Å². The molecule has 188 valence electrons. The summed E-state index contributed by atoms with van der Waals surface area (Å²) >= 11 is 0. The molecule has 1 aliphatic carbocycles. The number of hydrogen-bond donors (Lipinski definition) is 3. The first-order valence-electron chi connectivity index (χ1n) is 11.9. The zero-order chi connectivity index (χ0) is 25.5. The lowest BCUT2D eigenvalue weighted by atomic mass is 10.00. The van der Waals surface area contributed by atoms with Crippen molar-refractivity contribution in [3.8, 4) is 0 Å². The van der Waals surface area contributed by atoms with Gasteiger partial charge in [0.2, 0.25) is 17.7 Å². The topological polar surface area (TPSA) is 131 Å². The SMILES string of the molecule is CCCCNC(=O)C(c1cccc(C)c1)N(C(=O)C(CC(N)=O)NC(=O)OC(C)(C)C)C1CC1. The van der Waals surface area contributed by atoms with E-state index in [1.165, 1.54) is 4.90 Å². The van der Waals surface area contributed by atoms with Gasteiger partial charge >= 0.3 is 6.09 Å². The highest BCUT2D eigenvalue weighted by atomic mass is 16.6. The molecule has 0 aliphatic heterocycles. The van der Waals surface area contributed by atoms with Gasteiger partial charge in [-0.05, 0) is 52.5 Å². The molecule has 4 amide bonds. The zero-order valence-corrected chi connectivity index (χ0v) is 20.8. The van der Waals surface area contributed by atoms with Crippen LogP contribution < -0.4 is 16.4 Å². The number of alkyl carbamates (subject to hydrolysis) is 1. The van der Waals surface area contributed by atoms with E-state index >= 15 is 0 Å². The summed E-state index contributed by atoms with van der Waals surface area (Å²) in [6.07, 6.45) is 1.95. The van der Waals surface area contributed by atoms with Crippen LogP contribution in [0.25, 0.3) is 0 Å². The molecule has 1 aliphatic rings. The van der Waals surface area contributed by atoms with Crippen molar-refractivity contribution >= 4 is 23.8 Å². The largest absolute Gasteiger partial charge is 0.444 e. The van der Waals surface area contributed by atoms with Gasteiger partial charge in [0.1, 0.15) is 17.7 Å². The number of carbonyl (C=O) groups is 4. The third-order valence-electron chi connectivity index (χ3n) is 5.30. The summed E-state index contributed by atoms with van der Waals surface area (Å²) in [6.45, 7) is 9.53. The Morgan fingerprint density at radius 1 is 1.21 bits per heavy atom. The molecule has 9 heteroatoms. The van der Waals surface area contributed by atoms with Gasteiger partial charge in [-0.3, -0.25) is 14.4 Å². The first-order chi connectivity index (χ1) is 15.9. The van der Waals surface area contributed by atoms with Gasteiger partial charge in [0.25, 0.3) is 0 Å². The molecule has 0 radical (unpaired) electrons. The van der Waals surface area contributed by atoms with Gasteiger partial charge in [0.15, 0.2) is 0 Å². The first-order valence-corrected chi connectivity index (χ1v) is 11.9. The van der Waals surface area contributed by atoms with Crippen LogP contribution in [0.4, 0.5) is 4.79 Å². The summed E-state index contributed by atoms with van der Waals surface area (Å²) in [6, 6.07) is 5.12. The number of ether oxygens (including phenoxy) is 1. The summed E-state index contributed by atoms with van der Waals surface area (Å²) in [5.74, 6) is -1.58. The molecule has 0 saturated heterocycles. The molecule has 4 N–H and O–H groups in total. The van der Waals surface area contributed by atoms with Crippen molar-refractivity contribution in [1.82, 2.24) is 15.5 Å². The maximum absolute atomic E-state index is 13.8. The number of unbranched alkanes of at least 4 members (excludes halogenated alkanes) is 1. The second-order valence-electron chi connectivity index (χ2n) is 9.81. The Hall–Kier alpha value is -3.10. The number of carbonyl (C=O) groups excluding carboxylic acids is 4. The van der Waals surface area contributed by atoms with Crippen molar-refractivity contribution in [2.24, 2.45) is 5.73 Å². The van der Waals surface area contributed by atoms with Crippen molar-refractivity contribution in [1.29, 1.82) is 0 Å². The number of nitrogens with two attached hydrogens (primary N) is 1. The standard InChI is InChI=1S/C25H38N4O5/c1-6-7-13-27-22(31)21(17-10-8-9-16(2)14-17)29(18-11-12-18)23(32)19(15-20(26)30)28-24(33)34-25(3,4)5/h8-10,14,18-19,21H,6-7,11-13,15H2,1-5H3,(H2,26,30)(H,27,31)(H,28,33). The number of aryl methyl sites for hydroxylation is 1. The van der Waals surface area contributed by atoms with Gasteiger partial charge in [-0.15, -0.1) is 0 Å². The average Bonchev–Trinajstić information content (AvgIpc) is 3.54. The molecule has 34 heavy (non-hydrogen) atoms. The fourth-order valence-corrected chi connectivity index (χ4v) is 3.67. The zero-order valence-electron chi connectivity index (χ0n) is 20.8. The van der Waals surface area contributed by atoms with Crippen LogP contribution in [0, 0.1) is 6.92 Å². The molecule has 0 heterocycles. The quantitative estimate of drug-likeness (QED) is 0.425. The Balaban J connectivity index is 2.40. The van der Waals surface area contributed by atoms with E-state index in [9.17, 15) is 19.2 Å². The predicted molar refractivity (Wildman–Crippen MR) is 129 cm³/mol. The van der Waals surface area contributed by atoms with Crippen molar-refractivity contribution in [2.75, 3.05) is 6.54 Å². The smallest absolute Gasteiger partial charge is 0.408 e. The van der Waals surface area contributed by atoms with E-state index < -0.39 is 42.0 Å². The summed E-state index contributed by atoms with van der Waals surface area (Å²) < 4.78 is 5.28. The highest BCUT2D eigenvalue weighted by Gasteiger charge is 2.44. The minimum absolute atomic E-state index is 0.175. The molecule has 0 spiro atoms. The van der Waals surface area contributed by atoms with Crippen LogP contribution >= 0.6 is 0 Å². The van der Waals surface area contributed by atoms with Crippen LogP contribution in [-0.2, 0) is 19.1 Å². The number of amides is 4. The van der Waals surface area contributed by atoms with Gasteiger partial charge < -0.3 is 26.0 Å². The minimum atomic E-state index is -1.25. The van der Waals surface area contributed by atoms with Crippen molar-refractivity contribution < 1.29 is 23.9 Å². The van der Waals surface area contributed by atoms with Gasteiger partial charge in [-0.25, -0.2) is 4.79 Å². The lowest BCUT2D eigenvalue weighted by Crippen LogP contribution is -2.54. The van der Waals surface area contributed by atoms with Crippen molar-refractivity contribution in [3.05, 3.63) is 35.4 Å². The predicted octanol–water partition coefficient (Wildman–Crippen LogP) is 2.71. The van der Waals surface area contributed by atoms with Crippen LogP contribution in [0.3, 0.4) is 0 Å². The average molecular weight is 475 g/mol. The molecule has 0 bridgehead atoms. The van der Waals surface area contributed by atoms with E-state index in [0.717, 1.165) is 31.2 Å². The number of nitrogens with zero attached hydrogens (tertiary/aromatic N) is 1. The summed E-state index contributed by atoms with van der Waals surface area (Å²) in [7, 11) is 0. The van der Waals surface area contributed by atoms with Crippen LogP contribution in [0.1, 0.15) is 77.0 Å². The van der Waals surface area contributed by atoms with Gasteiger partial charge in [0.05, 0.1) is 6.42 Å². The van der Waals surface area contributed by atoms with Gasteiger partial charge in [-0.2, -0.15) is 0 Å². The van der Waals surface area contributed by atoms with Crippen LogP contribution in [0.15, 0.2) is 24.3 Å². The fraction of sp³-hybridized carbons (Fsp3) is 0.600. The number of nitrogens with one attached hydrogen (secondary N) is 2. The normalized spacial score (nSPS) is 15.1. The molecule has 1 aromatic carbocycles. The summed E-state index contributed by atoms with van der Waals surface area (Å²) in [5, 5.41) is 5.43. The van der Waals surface area contributed by atoms with Crippen molar-refractivity contribution in [3.63, 3.8) is 0 Å². The molecule has 2 atom stereocenters. The van der Waals surface area contributed by atoms with E-state index in [0.29, 0.717) is 12.1 Å². The Kier molecular flexibility index (Phi) is 9.46. The second kappa shape index (κ2) is 11.9. The molecule has 1 saturated carbocycles. The van der Waals surface area contributed by atoms with Crippen LogP contribution in [0.5, 0.6) is 0 Å². The molecular formula is C25H38N4O5. The Bertz CT molecular complexity index is 892. The molecule has 9 nitrogen and oxygen atoms in total. The molecule has 1 aromatic rings. The summed E-state index contributed by atoms with van der Waals surface area (Å²) in [4.78, 5) is 52.8. The molecule has 2 rings (SSSR count). The summed E-state index contributed by atoms with van der Waals surface area (Å²) in [5.41, 5.74) is 6.23. The maximum atomic E-state index is 13.8. The molecule has 0 aromatic heterocycles. The number of hydrogen-bond acceptors (Lipinski definition) is 5. The third-order valence-corrected chi connectivity index (χ3v) is 5.30. The van der Waals surface area contributed by atoms with E-state index in [1.807, 2.05) is 38.1 Å². The second-order valence-corrected chi connectivity index (χ2v) is 9.81. The number of primary amides is 1. The van der Waals surface area contributed by atoms with E-state index in [2.05, 4.69) is 10.6 Å². The van der Waals surface area contributed by atoms with Gasteiger partial charge in [0, 0.05) is 12.6 Å². The molecular weight excluding hydrogens is 436 g/mol. The molecule has 2 unspecified atom stereocenters. The Morgan fingerprint density at radius 2 is 1.88 bits per heavy atom. The van der Waals surface area contributed by atoms with E-state index in [-0.39, 0.29) is 11.9 Å². The fourth-order valence-electron chi connectivity index (χ4n) is 3.67. The number of benzene rings is 1. The number of rotatable bonds is 11. The first kappa shape index (κ1) is 27.1. The molecule has 1 fully saturated rings. The van der Waals surface area contributed by atoms with Crippen LogP contribution in [0.2, 0.25) is 0 Å². The maximum Gasteiger partial charge on any atom is 0.408 e. The third kappa shape index (κ3) is 8.35. The minimum Gasteiger partial charge on any atom is -0.444 e. The Morgan fingerprint density at radius 3 is 2.41 bits per heavy atom. The highest BCUT2D eigenvalue weighted by molar-refractivity contribution is 5.95. The van der Waals surface area contributed by atoms with E-state index in [1.54, 1.807) is 20.8 Å². The lowest BCUT2D eigenvalue weighted by molar-refractivity contribution is -0.144. The lowest BCUT2D eigenvalue weighted by Gasteiger charge is -2.34.